The third kappa shape index (κ3) is 3.03. The second-order valence-electron chi connectivity index (χ2n) is 3.96. The molecule has 0 fully saturated rings. The van der Waals surface area contributed by atoms with Crippen LogP contribution in [0.4, 0.5) is 0 Å². The summed E-state index contributed by atoms with van der Waals surface area (Å²) in [6.45, 7) is 3.39. The minimum atomic E-state index is -1.07. The van der Waals surface area contributed by atoms with E-state index in [0.717, 1.165) is 6.42 Å². The third-order valence-electron chi connectivity index (χ3n) is 2.52. The molecule has 0 bridgehead atoms. The summed E-state index contributed by atoms with van der Waals surface area (Å²) in [5.74, 6) is -0.943. The summed E-state index contributed by atoms with van der Waals surface area (Å²) in [5, 5.41) is 9.22. The molecule has 0 saturated heterocycles. The van der Waals surface area contributed by atoms with Crippen LogP contribution in [0.2, 0.25) is 0 Å². The Morgan fingerprint density at radius 2 is 2.21 bits per heavy atom. The molecule has 2 aromatic rings. The first kappa shape index (κ1) is 13.4. The fraction of sp³-hybridized carbons (Fsp3) is 0.385. The molecule has 0 amide bonds. The highest BCUT2D eigenvalue weighted by atomic mass is 16.5. The Balaban J connectivity index is 2.13. The molecular formula is C13H16N2O4. The molecule has 0 unspecified atom stereocenters. The van der Waals surface area contributed by atoms with E-state index in [1.165, 1.54) is 4.40 Å². The molecule has 19 heavy (non-hydrogen) atoms. The number of nitrogens with zero attached hydrogens (tertiary/aromatic N) is 2. The van der Waals surface area contributed by atoms with Crippen molar-refractivity contribution in [1.29, 1.82) is 0 Å². The molecule has 2 rings (SSSR count). The average molecular weight is 264 g/mol. The number of ether oxygens (including phenoxy) is 2. The standard InChI is InChI=1S/C13H16N2O4/c1-2-7-18-8-9-19-12-11(13(16)17)15-6-4-3-5-10(15)14-12/h3-6H,2,7-9H2,1H3,(H,16,17). The molecule has 102 valence electrons. The predicted octanol–water partition coefficient (Wildman–Crippen LogP) is 1.84. The molecule has 2 heterocycles. The van der Waals surface area contributed by atoms with Gasteiger partial charge in [-0.25, -0.2) is 4.79 Å². The van der Waals surface area contributed by atoms with Crippen LogP contribution in [0.5, 0.6) is 5.88 Å². The maximum Gasteiger partial charge on any atom is 0.358 e. The zero-order chi connectivity index (χ0) is 13.7. The lowest BCUT2D eigenvalue weighted by Crippen LogP contribution is -2.10. The first-order valence-electron chi connectivity index (χ1n) is 6.15. The van der Waals surface area contributed by atoms with E-state index in [1.807, 2.05) is 6.92 Å². The Kier molecular flexibility index (Phi) is 4.35. The van der Waals surface area contributed by atoms with Crippen molar-refractivity contribution in [3.05, 3.63) is 30.1 Å². The summed E-state index contributed by atoms with van der Waals surface area (Å²) in [4.78, 5) is 15.4. The van der Waals surface area contributed by atoms with Gasteiger partial charge >= 0.3 is 5.97 Å². The SMILES string of the molecule is CCCOCCOc1nc2ccccn2c1C(=O)O. The van der Waals surface area contributed by atoms with E-state index in [1.54, 1.807) is 24.4 Å². The van der Waals surface area contributed by atoms with Crippen LogP contribution in [0, 0.1) is 0 Å². The van der Waals surface area contributed by atoms with Crippen molar-refractivity contribution in [3.8, 4) is 5.88 Å². The van der Waals surface area contributed by atoms with Gasteiger partial charge in [0.2, 0.25) is 5.88 Å². The first-order chi connectivity index (χ1) is 9.24. The summed E-state index contributed by atoms with van der Waals surface area (Å²) in [7, 11) is 0. The van der Waals surface area contributed by atoms with Crippen LogP contribution >= 0.6 is 0 Å². The lowest BCUT2D eigenvalue weighted by atomic mass is 10.4. The lowest BCUT2D eigenvalue weighted by Gasteiger charge is -2.04. The molecule has 0 spiro atoms. The molecule has 0 saturated carbocycles. The molecule has 0 aromatic carbocycles. The minimum Gasteiger partial charge on any atom is -0.476 e. The van der Waals surface area contributed by atoms with Crippen LogP contribution in [0.1, 0.15) is 23.8 Å². The van der Waals surface area contributed by atoms with E-state index in [4.69, 9.17) is 9.47 Å². The van der Waals surface area contributed by atoms with Gasteiger partial charge in [-0.1, -0.05) is 13.0 Å². The monoisotopic (exact) mass is 264 g/mol. The van der Waals surface area contributed by atoms with Gasteiger partial charge in [0.15, 0.2) is 5.69 Å². The number of carboxylic acids is 1. The number of rotatable bonds is 7. The first-order valence-corrected chi connectivity index (χ1v) is 6.15. The average Bonchev–Trinajstić information content (AvgIpc) is 2.76. The van der Waals surface area contributed by atoms with Gasteiger partial charge in [0.25, 0.3) is 0 Å². The molecular weight excluding hydrogens is 248 g/mol. The predicted molar refractivity (Wildman–Crippen MR) is 68.8 cm³/mol. The van der Waals surface area contributed by atoms with E-state index in [-0.39, 0.29) is 18.2 Å². The van der Waals surface area contributed by atoms with Gasteiger partial charge in [0, 0.05) is 12.8 Å². The lowest BCUT2D eigenvalue weighted by molar-refractivity contribution is 0.0676. The molecule has 1 N–H and O–H groups in total. The zero-order valence-corrected chi connectivity index (χ0v) is 10.7. The Hall–Kier alpha value is -2.08. The molecule has 0 aliphatic carbocycles. The van der Waals surface area contributed by atoms with Crippen molar-refractivity contribution < 1.29 is 19.4 Å². The fourth-order valence-electron chi connectivity index (χ4n) is 1.71. The van der Waals surface area contributed by atoms with Crippen molar-refractivity contribution in [3.63, 3.8) is 0 Å². The maximum absolute atomic E-state index is 11.3. The topological polar surface area (TPSA) is 73.1 Å². The highest BCUT2D eigenvalue weighted by Gasteiger charge is 2.19. The summed E-state index contributed by atoms with van der Waals surface area (Å²) in [6.07, 6.45) is 2.58. The molecule has 2 aromatic heterocycles. The van der Waals surface area contributed by atoms with Gasteiger partial charge in [-0.3, -0.25) is 4.40 Å². The van der Waals surface area contributed by atoms with E-state index in [9.17, 15) is 9.90 Å². The molecule has 0 aliphatic heterocycles. The Morgan fingerprint density at radius 3 is 2.95 bits per heavy atom. The number of hydrogen-bond donors (Lipinski definition) is 1. The van der Waals surface area contributed by atoms with Gasteiger partial charge in [-0.2, -0.15) is 4.98 Å². The quantitative estimate of drug-likeness (QED) is 0.772. The highest BCUT2D eigenvalue weighted by molar-refractivity contribution is 5.89. The number of carbonyl (C=O) groups is 1. The van der Waals surface area contributed by atoms with Crippen molar-refractivity contribution in [1.82, 2.24) is 9.38 Å². The normalized spacial score (nSPS) is 10.8. The van der Waals surface area contributed by atoms with E-state index < -0.39 is 5.97 Å². The zero-order valence-electron chi connectivity index (χ0n) is 10.7. The number of aromatic nitrogens is 2. The third-order valence-corrected chi connectivity index (χ3v) is 2.52. The van der Waals surface area contributed by atoms with Gasteiger partial charge in [0.05, 0.1) is 6.61 Å². The van der Waals surface area contributed by atoms with Gasteiger partial charge < -0.3 is 14.6 Å². The largest absolute Gasteiger partial charge is 0.476 e. The smallest absolute Gasteiger partial charge is 0.358 e. The molecule has 6 nitrogen and oxygen atoms in total. The number of fused-ring (bicyclic) bond motifs is 1. The summed E-state index contributed by atoms with van der Waals surface area (Å²) in [5.41, 5.74) is 0.579. The number of aromatic carboxylic acids is 1. The van der Waals surface area contributed by atoms with Crippen molar-refractivity contribution >= 4 is 11.6 Å². The highest BCUT2D eigenvalue weighted by Crippen LogP contribution is 2.19. The number of hydrogen-bond acceptors (Lipinski definition) is 4. The van der Waals surface area contributed by atoms with Crippen molar-refractivity contribution in [2.75, 3.05) is 19.8 Å². The van der Waals surface area contributed by atoms with Crippen LogP contribution in [0.25, 0.3) is 5.65 Å². The van der Waals surface area contributed by atoms with Crippen LogP contribution in [-0.2, 0) is 4.74 Å². The summed E-state index contributed by atoms with van der Waals surface area (Å²) >= 11 is 0. The molecule has 0 radical (unpaired) electrons. The molecule has 6 heteroatoms. The van der Waals surface area contributed by atoms with Crippen LogP contribution in [0.15, 0.2) is 24.4 Å². The van der Waals surface area contributed by atoms with Gasteiger partial charge in [0.1, 0.15) is 12.3 Å². The molecule has 0 aliphatic rings. The van der Waals surface area contributed by atoms with Crippen molar-refractivity contribution in [2.45, 2.75) is 13.3 Å². The van der Waals surface area contributed by atoms with Gasteiger partial charge in [-0.05, 0) is 18.6 Å². The van der Waals surface area contributed by atoms with E-state index in [2.05, 4.69) is 4.98 Å². The Bertz CT molecular complexity index is 565. The van der Waals surface area contributed by atoms with Gasteiger partial charge in [-0.15, -0.1) is 0 Å². The van der Waals surface area contributed by atoms with E-state index in [0.29, 0.717) is 18.9 Å². The maximum atomic E-state index is 11.3. The summed E-state index contributed by atoms with van der Waals surface area (Å²) in [6, 6.07) is 5.27. The Labute approximate surface area is 110 Å². The van der Waals surface area contributed by atoms with Crippen LogP contribution < -0.4 is 4.74 Å². The second kappa shape index (κ2) is 6.19. The molecule has 0 atom stereocenters. The number of imidazole rings is 1. The van der Waals surface area contributed by atoms with Crippen molar-refractivity contribution in [2.24, 2.45) is 0 Å². The fourth-order valence-corrected chi connectivity index (χ4v) is 1.71. The number of pyridine rings is 1. The Morgan fingerprint density at radius 1 is 1.37 bits per heavy atom. The van der Waals surface area contributed by atoms with Crippen LogP contribution in [0.3, 0.4) is 0 Å². The van der Waals surface area contributed by atoms with Crippen LogP contribution in [-0.4, -0.2) is 40.3 Å². The minimum absolute atomic E-state index is 0.0334. The van der Waals surface area contributed by atoms with E-state index >= 15 is 0 Å². The second-order valence-corrected chi connectivity index (χ2v) is 3.96. The summed E-state index contributed by atoms with van der Waals surface area (Å²) < 4.78 is 12.2. The number of carboxylic acid groups (broad SMARTS) is 1.